The molecule has 1 amide bonds. The molecule has 0 fully saturated rings. The first-order valence-electron chi connectivity index (χ1n) is 9.37. The number of aryl methyl sites for hydroxylation is 1. The van der Waals surface area contributed by atoms with Crippen LogP contribution in [0.1, 0.15) is 36.4 Å². The second-order valence-corrected chi connectivity index (χ2v) is 8.65. The summed E-state index contributed by atoms with van der Waals surface area (Å²) in [4.78, 5) is 12.0. The summed E-state index contributed by atoms with van der Waals surface area (Å²) in [5.41, 5.74) is 2.28. The van der Waals surface area contributed by atoms with Crippen LogP contribution in [0.3, 0.4) is 0 Å². The van der Waals surface area contributed by atoms with Crippen LogP contribution in [0, 0.1) is 0 Å². The molecule has 0 spiro atoms. The molecule has 0 saturated carbocycles. The molecule has 162 valence electrons. The van der Waals surface area contributed by atoms with Gasteiger partial charge in [0.15, 0.2) is 0 Å². The Morgan fingerprint density at radius 3 is 2.50 bits per heavy atom. The standard InChI is InChI=1S/C20H21F3N2O4S/c21-20(22,23)29-15-8-10-16(11-9-15)30(27,28)24-13-12-19(26)25-18-7-3-5-14-4-1-2-6-17(14)18/h1-2,4,6,8-11,18,24H,3,5,7,12-13H2,(H,25,26)/t18-/m1/s1. The first-order valence-corrected chi connectivity index (χ1v) is 10.8. The van der Waals surface area contributed by atoms with Gasteiger partial charge in [-0.1, -0.05) is 24.3 Å². The van der Waals surface area contributed by atoms with Crippen molar-refractivity contribution in [3.05, 3.63) is 59.7 Å². The molecule has 10 heteroatoms. The van der Waals surface area contributed by atoms with Gasteiger partial charge >= 0.3 is 6.36 Å². The molecule has 6 nitrogen and oxygen atoms in total. The van der Waals surface area contributed by atoms with E-state index in [1.165, 1.54) is 5.56 Å². The number of halogens is 3. The Kier molecular flexibility index (Phi) is 6.67. The molecule has 0 radical (unpaired) electrons. The van der Waals surface area contributed by atoms with Crippen molar-refractivity contribution in [3.8, 4) is 5.75 Å². The Labute approximate surface area is 172 Å². The summed E-state index contributed by atoms with van der Waals surface area (Å²) < 4.78 is 67.0. The Bertz CT molecular complexity index is 992. The average Bonchev–Trinajstić information content (AvgIpc) is 2.67. The molecule has 1 atom stereocenters. The van der Waals surface area contributed by atoms with Crippen molar-refractivity contribution in [3.63, 3.8) is 0 Å². The summed E-state index contributed by atoms with van der Waals surface area (Å²) >= 11 is 0. The molecule has 0 saturated heterocycles. The third-order valence-corrected chi connectivity index (χ3v) is 6.19. The molecule has 1 aliphatic rings. The van der Waals surface area contributed by atoms with Crippen LogP contribution in [-0.2, 0) is 21.2 Å². The number of amides is 1. The first-order chi connectivity index (χ1) is 14.1. The molecule has 30 heavy (non-hydrogen) atoms. The van der Waals surface area contributed by atoms with E-state index in [1.807, 2.05) is 24.3 Å². The number of alkyl halides is 3. The monoisotopic (exact) mass is 442 g/mol. The average molecular weight is 442 g/mol. The lowest BCUT2D eigenvalue weighted by Gasteiger charge is -2.26. The molecule has 0 heterocycles. The predicted molar refractivity (Wildman–Crippen MR) is 103 cm³/mol. The number of nitrogens with one attached hydrogen (secondary N) is 2. The van der Waals surface area contributed by atoms with Crippen LogP contribution in [0.25, 0.3) is 0 Å². The van der Waals surface area contributed by atoms with Crippen molar-refractivity contribution in [1.29, 1.82) is 0 Å². The van der Waals surface area contributed by atoms with E-state index in [2.05, 4.69) is 14.8 Å². The number of ether oxygens (including phenoxy) is 1. The topological polar surface area (TPSA) is 84.5 Å². The maximum absolute atomic E-state index is 12.3. The van der Waals surface area contributed by atoms with Gasteiger partial charge in [-0.2, -0.15) is 0 Å². The van der Waals surface area contributed by atoms with E-state index in [0.29, 0.717) is 0 Å². The Morgan fingerprint density at radius 2 is 1.80 bits per heavy atom. The fraction of sp³-hybridized carbons (Fsp3) is 0.350. The van der Waals surface area contributed by atoms with E-state index >= 15 is 0 Å². The number of rotatable bonds is 7. The van der Waals surface area contributed by atoms with Crippen LogP contribution in [-0.4, -0.2) is 27.2 Å². The second kappa shape index (κ2) is 9.05. The Morgan fingerprint density at radius 1 is 1.10 bits per heavy atom. The molecule has 2 aromatic carbocycles. The van der Waals surface area contributed by atoms with Crippen molar-refractivity contribution in [2.24, 2.45) is 0 Å². The lowest BCUT2D eigenvalue weighted by atomic mass is 9.88. The number of carbonyl (C=O) groups is 1. The van der Waals surface area contributed by atoms with Crippen LogP contribution in [0.15, 0.2) is 53.4 Å². The first kappa shape index (κ1) is 22.1. The Balaban J connectivity index is 1.51. The van der Waals surface area contributed by atoms with E-state index in [1.54, 1.807) is 0 Å². The summed E-state index contributed by atoms with van der Waals surface area (Å²) in [6, 6.07) is 11.6. The van der Waals surface area contributed by atoms with E-state index in [0.717, 1.165) is 49.1 Å². The second-order valence-electron chi connectivity index (χ2n) is 6.88. The van der Waals surface area contributed by atoms with Gasteiger partial charge in [-0.15, -0.1) is 13.2 Å². The molecule has 2 N–H and O–H groups in total. The van der Waals surface area contributed by atoms with Crippen LogP contribution >= 0.6 is 0 Å². The molecule has 0 aliphatic heterocycles. The van der Waals surface area contributed by atoms with Crippen LogP contribution < -0.4 is 14.8 Å². The Hall–Kier alpha value is -2.59. The van der Waals surface area contributed by atoms with Crippen molar-refractivity contribution < 1.29 is 31.1 Å². The van der Waals surface area contributed by atoms with Crippen LogP contribution in [0.2, 0.25) is 0 Å². The summed E-state index contributed by atoms with van der Waals surface area (Å²) in [5.74, 6) is -0.804. The summed E-state index contributed by atoms with van der Waals surface area (Å²) in [7, 11) is -3.96. The van der Waals surface area contributed by atoms with Gasteiger partial charge < -0.3 is 10.1 Å². The van der Waals surface area contributed by atoms with E-state index in [9.17, 15) is 26.4 Å². The number of carbonyl (C=O) groups excluding carboxylic acids is 1. The van der Waals surface area contributed by atoms with E-state index in [4.69, 9.17) is 0 Å². The van der Waals surface area contributed by atoms with Gasteiger partial charge in [0.1, 0.15) is 5.75 Å². The summed E-state index contributed by atoms with van der Waals surface area (Å²) in [5, 5.41) is 2.93. The maximum atomic E-state index is 12.3. The highest BCUT2D eigenvalue weighted by molar-refractivity contribution is 7.89. The maximum Gasteiger partial charge on any atom is 0.573 e. The summed E-state index contributed by atoms with van der Waals surface area (Å²) in [6.07, 6.45) is -2.17. The van der Waals surface area contributed by atoms with Gasteiger partial charge in [0.25, 0.3) is 0 Å². The lowest BCUT2D eigenvalue weighted by molar-refractivity contribution is -0.274. The van der Waals surface area contributed by atoms with Crippen LogP contribution in [0.4, 0.5) is 13.2 Å². The zero-order chi connectivity index (χ0) is 21.8. The minimum absolute atomic E-state index is 0.0623. The largest absolute Gasteiger partial charge is 0.573 e. The quantitative estimate of drug-likeness (QED) is 0.688. The highest BCUT2D eigenvalue weighted by Crippen LogP contribution is 2.29. The SMILES string of the molecule is O=C(CCNS(=O)(=O)c1ccc(OC(F)(F)F)cc1)N[C@@H]1CCCc2ccccc21. The van der Waals surface area contributed by atoms with E-state index in [-0.39, 0.29) is 29.8 Å². The minimum atomic E-state index is -4.86. The zero-order valence-corrected chi connectivity index (χ0v) is 16.7. The van der Waals surface area contributed by atoms with Crippen LogP contribution in [0.5, 0.6) is 5.75 Å². The van der Waals surface area contributed by atoms with Gasteiger partial charge in [0.05, 0.1) is 10.9 Å². The number of sulfonamides is 1. The lowest BCUT2D eigenvalue weighted by Crippen LogP contribution is -2.34. The van der Waals surface area contributed by atoms with Gasteiger partial charge in [0, 0.05) is 13.0 Å². The zero-order valence-electron chi connectivity index (χ0n) is 15.9. The number of fused-ring (bicyclic) bond motifs is 1. The molecule has 0 bridgehead atoms. The van der Waals surface area contributed by atoms with E-state index < -0.39 is 22.1 Å². The van der Waals surface area contributed by atoms with Crippen molar-refractivity contribution in [2.45, 2.75) is 43.0 Å². The highest BCUT2D eigenvalue weighted by atomic mass is 32.2. The molecule has 2 aromatic rings. The van der Waals surface area contributed by atoms with Gasteiger partial charge in [-0.3, -0.25) is 4.79 Å². The normalized spacial score (nSPS) is 16.6. The number of hydrogen-bond acceptors (Lipinski definition) is 4. The van der Waals surface area contributed by atoms with Gasteiger partial charge in [0.2, 0.25) is 15.9 Å². The van der Waals surface area contributed by atoms with Crippen molar-refractivity contribution >= 4 is 15.9 Å². The molecule has 0 unspecified atom stereocenters. The summed E-state index contributed by atoms with van der Waals surface area (Å²) in [6.45, 7) is -0.136. The van der Waals surface area contributed by atoms with Crippen molar-refractivity contribution in [2.75, 3.05) is 6.54 Å². The molecule has 3 rings (SSSR count). The van der Waals surface area contributed by atoms with Crippen molar-refractivity contribution in [1.82, 2.24) is 10.0 Å². The fourth-order valence-corrected chi connectivity index (χ4v) is 4.40. The predicted octanol–water partition coefficient (Wildman–Crippen LogP) is 3.45. The third kappa shape index (κ3) is 5.96. The minimum Gasteiger partial charge on any atom is -0.406 e. The molecule has 1 aliphatic carbocycles. The smallest absolute Gasteiger partial charge is 0.406 e. The number of benzene rings is 2. The fourth-order valence-electron chi connectivity index (χ4n) is 3.37. The number of hydrogen-bond donors (Lipinski definition) is 2. The molecular formula is C20H21F3N2O4S. The molecular weight excluding hydrogens is 421 g/mol. The molecule has 0 aromatic heterocycles. The highest BCUT2D eigenvalue weighted by Gasteiger charge is 2.31. The van der Waals surface area contributed by atoms with Gasteiger partial charge in [-0.25, -0.2) is 13.1 Å². The third-order valence-electron chi connectivity index (χ3n) is 4.72. The van der Waals surface area contributed by atoms with Gasteiger partial charge in [-0.05, 0) is 54.7 Å².